The van der Waals surface area contributed by atoms with Gasteiger partial charge < -0.3 is 10.4 Å². The minimum atomic E-state index is -0.0979. The molecule has 0 unspecified atom stereocenters. The van der Waals surface area contributed by atoms with Crippen LogP contribution in [0.5, 0.6) is 0 Å². The Balaban J connectivity index is 1.82. The van der Waals surface area contributed by atoms with Crippen LogP contribution in [0.1, 0.15) is 30.9 Å². The largest absolute Gasteiger partial charge is 0.396 e. The van der Waals surface area contributed by atoms with Crippen molar-refractivity contribution < 1.29 is 9.90 Å². The molecule has 1 aliphatic rings. The van der Waals surface area contributed by atoms with Crippen LogP contribution in [0, 0.1) is 5.41 Å². The number of benzene rings is 1. The van der Waals surface area contributed by atoms with Crippen LogP contribution in [-0.4, -0.2) is 24.2 Å². The van der Waals surface area contributed by atoms with E-state index >= 15 is 0 Å². The molecule has 1 aliphatic carbocycles. The molecule has 3 heteroatoms. The minimum Gasteiger partial charge on any atom is -0.396 e. The molecule has 3 nitrogen and oxygen atoms in total. The van der Waals surface area contributed by atoms with E-state index in [-0.39, 0.29) is 17.9 Å². The zero-order valence-electron chi connectivity index (χ0n) is 11.4. The van der Waals surface area contributed by atoms with Gasteiger partial charge in [0, 0.05) is 18.0 Å². The van der Waals surface area contributed by atoms with Crippen LogP contribution in [0.3, 0.4) is 0 Å². The fraction of sp³-hybridized carbons (Fsp3) is 0.438. The molecule has 0 aliphatic heterocycles. The second-order valence-corrected chi connectivity index (χ2v) is 5.30. The van der Waals surface area contributed by atoms with E-state index < -0.39 is 0 Å². The fourth-order valence-electron chi connectivity index (χ4n) is 1.94. The normalized spacial score (nSPS) is 16.5. The summed E-state index contributed by atoms with van der Waals surface area (Å²) in [6, 6.07) is 8.17. The molecule has 1 fully saturated rings. The lowest BCUT2D eigenvalue weighted by atomic mass is 10.1. The molecule has 2 N–H and O–H groups in total. The molecule has 19 heavy (non-hydrogen) atoms. The Morgan fingerprint density at radius 3 is 2.58 bits per heavy atom. The van der Waals surface area contributed by atoms with E-state index in [2.05, 4.69) is 24.4 Å². The van der Waals surface area contributed by atoms with Gasteiger partial charge in [0.15, 0.2) is 0 Å². The van der Waals surface area contributed by atoms with E-state index in [1.54, 1.807) is 6.08 Å². The molecule has 0 aromatic heterocycles. The molecule has 1 amide bonds. The lowest BCUT2D eigenvalue weighted by molar-refractivity contribution is -0.116. The highest BCUT2D eigenvalue weighted by atomic mass is 16.3. The van der Waals surface area contributed by atoms with Crippen LogP contribution in [-0.2, 0) is 11.2 Å². The topological polar surface area (TPSA) is 49.3 Å². The summed E-state index contributed by atoms with van der Waals surface area (Å²) in [5, 5.41) is 12.0. The molecular formula is C16H21NO2. The van der Waals surface area contributed by atoms with Gasteiger partial charge in [-0.3, -0.25) is 4.79 Å². The number of carbonyl (C=O) groups excluding carboxylic acids is 1. The van der Waals surface area contributed by atoms with Crippen molar-refractivity contribution in [2.45, 2.75) is 26.2 Å². The second kappa shape index (κ2) is 6.02. The zero-order chi connectivity index (χ0) is 13.7. The van der Waals surface area contributed by atoms with Gasteiger partial charge in [0.05, 0.1) is 6.61 Å². The number of carbonyl (C=O) groups is 1. The maximum atomic E-state index is 11.7. The lowest BCUT2D eigenvalue weighted by Crippen LogP contribution is -2.30. The van der Waals surface area contributed by atoms with E-state index in [1.165, 1.54) is 5.56 Å². The Morgan fingerprint density at radius 1 is 1.37 bits per heavy atom. The standard InChI is InChI=1S/C16H21NO2/c1-2-13-3-5-14(6-4-13)7-8-15(19)17-11-16(12-18)9-10-16/h3-8,18H,2,9-12H2,1H3,(H,17,19)/b8-7+. The molecule has 1 saturated carbocycles. The van der Waals surface area contributed by atoms with Crippen molar-refractivity contribution in [2.75, 3.05) is 13.2 Å². The molecule has 102 valence electrons. The maximum absolute atomic E-state index is 11.7. The SMILES string of the molecule is CCc1ccc(/C=C/C(=O)NCC2(CO)CC2)cc1. The molecule has 0 radical (unpaired) electrons. The minimum absolute atomic E-state index is 0.0354. The summed E-state index contributed by atoms with van der Waals surface area (Å²) in [6.07, 6.45) is 6.40. The van der Waals surface area contributed by atoms with Gasteiger partial charge in [-0.2, -0.15) is 0 Å². The first-order valence-electron chi connectivity index (χ1n) is 6.83. The van der Waals surface area contributed by atoms with Gasteiger partial charge in [-0.15, -0.1) is 0 Å². The molecule has 2 rings (SSSR count). The van der Waals surface area contributed by atoms with Gasteiger partial charge in [0.25, 0.3) is 0 Å². The average molecular weight is 259 g/mol. The molecule has 1 aromatic rings. The quantitative estimate of drug-likeness (QED) is 0.769. The predicted molar refractivity (Wildman–Crippen MR) is 76.6 cm³/mol. The van der Waals surface area contributed by atoms with E-state index in [0.717, 1.165) is 24.8 Å². The van der Waals surface area contributed by atoms with Gasteiger partial charge >= 0.3 is 0 Å². The first kappa shape index (κ1) is 13.8. The van der Waals surface area contributed by atoms with Crippen LogP contribution >= 0.6 is 0 Å². The third-order valence-corrected chi connectivity index (χ3v) is 3.75. The molecule has 0 bridgehead atoms. The summed E-state index contributed by atoms with van der Waals surface area (Å²) in [5.41, 5.74) is 2.28. The van der Waals surface area contributed by atoms with Crippen LogP contribution in [0.2, 0.25) is 0 Å². The van der Waals surface area contributed by atoms with E-state index in [9.17, 15) is 4.79 Å². The van der Waals surface area contributed by atoms with E-state index in [1.807, 2.05) is 18.2 Å². The number of amides is 1. The van der Waals surface area contributed by atoms with E-state index in [0.29, 0.717) is 6.54 Å². The molecular weight excluding hydrogens is 238 g/mol. The number of rotatable bonds is 6. The Kier molecular flexibility index (Phi) is 4.38. The van der Waals surface area contributed by atoms with Gasteiger partial charge in [-0.25, -0.2) is 0 Å². The molecule has 0 atom stereocenters. The highest BCUT2D eigenvalue weighted by molar-refractivity contribution is 5.91. The Morgan fingerprint density at radius 2 is 2.05 bits per heavy atom. The number of hydrogen-bond donors (Lipinski definition) is 2. The summed E-state index contributed by atoms with van der Waals surface area (Å²) in [4.78, 5) is 11.7. The molecule has 0 spiro atoms. The molecule has 0 saturated heterocycles. The summed E-state index contributed by atoms with van der Waals surface area (Å²) in [7, 11) is 0. The van der Waals surface area contributed by atoms with Crippen LogP contribution in [0.4, 0.5) is 0 Å². The summed E-state index contributed by atoms with van der Waals surface area (Å²) in [6.45, 7) is 2.85. The molecule has 0 heterocycles. The van der Waals surface area contributed by atoms with Gasteiger partial charge in [0.2, 0.25) is 5.91 Å². The lowest BCUT2D eigenvalue weighted by Gasteiger charge is -2.11. The van der Waals surface area contributed by atoms with Gasteiger partial charge in [-0.1, -0.05) is 31.2 Å². The number of aliphatic hydroxyl groups is 1. The van der Waals surface area contributed by atoms with Crippen molar-refractivity contribution >= 4 is 12.0 Å². The maximum Gasteiger partial charge on any atom is 0.244 e. The first-order chi connectivity index (χ1) is 9.17. The van der Waals surface area contributed by atoms with E-state index in [4.69, 9.17) is 5.11 Å². The third-order valence-electron chi connectivity index (χ3n) is 3.75. The highest BCUT2D eigenvalue weighted by Crippen LogP contribution is 2.44. The third kappa shape index (κ3) is 3.93. The highest BCUT2D eigenvalue weighted by Gasteiger charge is 2.41. The summed E-state index contributed by atoms with van der Waals surface area (Å²) in [5.74, 6) is -0.0979. The fourth-order valence-corrected chi connectivity index (χ4v) is 1.94. The number of aryl methyl sites for hydroxylation is 1. The van der Waals surface area contributed by atoms with Crippen molar-refractivity contribution in [3.05, 3.63) is 41.5 Å². The Hall–Kier alpha value is -1.61. The predicted octanol–water partition coefficient (Wildman–Crippen LogP) is 2.15. The summed E-state index contributed by atoms with van der Waals surface area (Å²) < 4.78 is 0. The van der Waals surface area contributed by atoms with Crippen molar-refractivity contribution in [3.63, 3.8) is 0 Å². The first-order valence-corrected chi connectivity index (χ1v) is 6.83. The van der Waals surface area contributed by atoms with Crippen molar-refractivity contribution in [1.29, 1.82) is 0 Å². The van der Waals surface area contributed by atoms with Crippen molar-refractivity contribution in [1.82, 2.24) is 5.32 Å². The number of nitrogens with one attached hydrogen (secondary N) is 1. The van der Waals surface area contributed by atoms with Gasteiger partial charge in [-0.05, 0) is 36.5 Å². The van der Waals surface area contributed by atoms with Crippen LogP contribution < -0.4 is 5.32 Å². The summed E-state index contributed by atoms with van der Waals surface area (Å²) >= 11 is 0. The Bertz CT molecular complexity index is 458. The number of aliphatic hydroxyl groups excluding tert-OH is 1. The van der Waals surface area contributed by atoms with Gasteiger partial charge in [0.1, 0.15) is 0 Å². The second-order valence-electron chi connectivity index (χ2n) is 5.30. The van der Waals surface area contributed by atoms with Crippen molar-refractivity contribution in [2.24, 2.45) is 5.41 Å². The smallest absolute Gasteiger partial charge is 0.244 e. The van der Waals surface area contributed by atoms with Crippen LogP contribution in [0.15, 0.2) is 30.3 Å². The number of hydrogen-bond acceptors (Lipinski definition) is 2. The average Bonchev–Trinajstić information content (AvgIpc) is 3.24. The zero-order valence-corrected chi connectivity index (χ0v) is 11.4. The monoisotopic (exact) mass is 259 g/mol. The molecule has 1 aromatic carbocycles. The van der Waals surface area contributed by atoms with Crippen molar-refractivity contribution in [3.8, 4) is 0 Å². The van der Waals surface area contributed by atoms with Crippen LogP contribution in [0.25, 0.3) is 6.08 Å². The Labute approximate surface area is 114 Å².